The van der Waals surface area contributed by atoms with E-state index in [1.54, 1.807) is 19.2 Å². The van der Waals surface area contributed by atoms with Gasteiger partial charge in [-0.1, -0.05) is 13.8 Å². The molecular weight excluding hydrogens is 244 g/mol. The van der Waals surface area contributed by atoms with Crippen molar-refractivity contribution in [3.8, 4) is 5.75 Å². The van der Waals surface area contributed by atoms with Crippen LogP contribution in [0.5, 0.6) is 5.75 Å². The third kappa shape index (κ3) is 3.92. The number of nitrogens with zero attached hydrogens (tertiary/aromatic N) is 1. The van der Waals surface area contributed by atoms with Crippen LogP contribution in [0.4, 0.5) is 5.69 Å². The van der Waals surface area contributed by atoms with E-state index in [4.69, 9.17) is 4.74 Å². The normalized spacial score (nSPS) is 13.9. The van der Waals surface area contributed by atoms with Crippen molar-refractivity contribution in [2.45, 2.75) is 39.2 Å². The molecule has 2 unspecified atom stereocenters. The fourth-order valence-electron chi connectivity index (χ4n) is 2.01. The van der Waals surface area contributed by atoms with Crippen LogP contribution in [0.1, 0.15) is 38.7 Å². The third-order valence-corrected chi connectivity index (χ3v) is 3.39. The van der Waals surface area contributed by atoms with E-state index in [0.717, 1.165) is 13.0 Å². The lowest BCUT2D eigenvalue weighted by Gasteiger charge is -2.21. The van der Waals surface area contributed by atoms with Gasteiger partial charge in [0, 0.05) is 23.6 Å². The summed E-state index contributed by atoms with van der Waals surface area (Å²) in [6, 6.07) is 5.06. The zero-order valence-electron chi connectivity index (χ0n) is 12.0. The van der Waals surface area contributed by atoms with Gasteiger partial charge in [-0.05, 0) is 32.0 Å². The van der Waals surface area contributed by atoms with Crippen molar-refractivity contribution >= 4 is 5.69 Å². The number of nitro benzene ring substituents is 1. The molecule has 0 bridgehead atoms. The molecule has 2 atom stereocenters. The molecule has 0 spiro atoms. The average molecular weight is 266 g/mol. The molecule has 0 aliphatic heterocycles. The molecule has 5 heteroatoms. The fourth-order valence-corrected chi connectivity index (χ4v) is 2.01. The van der Waals surface area contributed by atoms with E-state index >= 15 is 0 Å². The maximum absolute atomic E-state index is 11.1. The first-order valence-electron chi connectivity index (χ1n) is 6.57. The average Bonchev–Trinajstić information content (AvgIpc) is 2.42. The van der Waals surface area contributed by atoms with Gasteiger partial charge in [-0.3, -0.25) is 10.1 Å². The summed E-state index contributed by atoms with van der Waals surface area (Å²) in [5.41, 5.74) is 0.860. The smallest absolute Gasteiger partial charge is 0.273 e. The Kier molecular flexibility index (Phi) is 5.76. The molecule has 0 saturated carbocycles. The quantitative estimate of drug-likeness (QED) is 0.608. The van der Waals surface area contributed by atoms with Crippen LogP contribution in [0.2, 0.25) is 0 Å². The van der Waals surface area contributed by atoms with Gasteiger partial charge in [0.05, 0.1) is 12.0 Å². The van der Waals surface area contributed by atoms with Crippen molar-refractivity contribution in [1.82, 2.24) is 5.32 Å². The van der Waals surface area contributed by atoms with Gasteiger partial charge in [-0.15, -0.1) is 0 Å². The minimum absolute atomic E-state index is 0.0436. The van der Waals surface area contributed by atoms with Gasteiger partial charge in [-0.25, -0.2) is 0 Å². The van der Waals surface area contributed by atoms with Gasteiger partial charge in [-0.2, -0.15) is 0 Å². The Morgan fingerprint density at radius 3 is 2.63 bits per heavy atom. The summed E-state index contributed by atoms with van der Waals surface area (Å²) in [7, 11) is 1.56. The predicted molar refractivity (Wildman–Crippen MR) is 75.8 cm³/mol. The molecule has 19 heavy (non-hydrogen) atoms. The second-order valence-electron chi connectivity index (χ2n) is 4.71. The minimum Gasteiger partial charge on any atom is -0.497 e. The Hall–Kier alpha value is -1.62. The largest absolute Gasteiger partial charge is 0.497 e. The van der Waals surface area contributed by atoms with Gasteiger partial charge >= 0.3 is 0 Å². The molecule has 1 aromatic carbocycles. The van der Waals surface area contributed by atoms with Crippen LogP contribution in [-0.2, 0) is 0 Å². The monoisotopic (exact) mass is 266 g/mol. The molecule has 0 aliphatic rings. The topological polar surface area (TPSA) is 64.4 Å². The molecule has 1 rings (SSSR count). The number of ether oxygens (including phenoxy) is 1. The van der Waals surface area contributed by atoms with Crippen LogP contribution in [-0.4, -0.2) is 24.6 Å². The van der Waals surface area contributed by atoms with Crippen molar-refractivity contribution < 1.29 is 9.66 Å². The van der Waals surface area contributed by atoms with Crippen LogP contribution in [0.25, 0.3) is 0 Å². The highest BCUT2D eigenvalue weighted by Gasteiger charge is 2.23. The molecule has 0 radical (unpaired) electrons. The first-order chi connectivity index (χ1) is 9.01. The van der Waals surface area contributed by atoms with Gasteiger partial charge in [0.15, 0.2) is 0 Å². The Morgan fingerprint density at radius 2 is 2.11 bits per heavy atom. The molecule has 0 aliphatic carbocycles. The first-order valence-corrected chi connectivity index (χ1v) is 6.57. The summed E-state index contributed by atoms with van der Waals surface area (Å²) in [4.78, 5) is 10.8. The van der Waals surface area contributed by atoms with Gasteiger partial charge < -0.3 is 10.1 Å². The summed E-state index contributed by atoms with van der Waals surface area (Å²) < 4.78 is 5.16. The molecule has 0 fully saturated rings. The van der Waals surface area contributed by atoms with Crippen molar-refractivity contribution in [3.05, 3.63) is 33.9 Å². The summed E-state index contributed by atoms with van der Waals surface area (Å²) in [6.45, 7) is 7.04. The van der Waals surface area contributed by atoms with E-state index in [1.165, 1.54) is 6.07 Å². The number of nitro groups is 1. The second-order valence-corrected chi connectivity index (χ2v) is 4.71. The highest BCUT2D eigenvalue weighted by molar-refractivity contribution is 5.47. The number of nitrogens with one attached hydrogen (secondary N) is 1. The maximum atomic E-state index is 11.1. The van der Waals surface area contributed by atoms with Crippen LogP contribution in [0.15, 0.2) is 18.2 Å². The van der Waals surface area contributed by atoms with E-state index in [0.29, 0.717) is 11.3 Å². The Labute approximate surface area is 114 Å². The molecule has 5 nitrogen and oxygen atoms in total. The van der Waals surface area contributed by atoms with E-state index < -0.39 is 0 Å². The van der Waals surface area contributed by atoms with E-state index in [1.807, 2.05) is 13.8 Å². The maximum Gasteiger partial charge on any atom is 0.273 e. The first kappa shape index (κ1) is 15.4. The number of benzene rings is 1. The molecule has 0 saturated heterocycles. The highest BCUT2D eigenvalue weighted by Crippen LogP contribution is 2.32. The minimum atomic E-state index is -0.336. The molecule has 0 aromatic heterocycles. The number of hydrogen-bond acceptors (Lipinski definition) is 4. The van der Waals surface area contributed by atoms with Crippen molar-refractivity contribution in [3.63, 3.8) is 0 Å². The van der Waals surface area contributed by atoms with E-state index in [-0.39, 0.29) is 22.6 Å². The Bertz CT molecular complexity index is 435. The van der Waals surface area contributed by atoms with Crippen LogP contribution in [0, 0.1) is 10.1 Å². The predicted octanol–water partition coefficient (Wildman–Crippen LogP) is 3.10. The zero-order valence-corrected chi connectivity index (χ0v) is 12.0. The third-order valence-electron chi connectivity index (χ3n) is 3.39. The van der Waals surface area contributed by atoms with Crippen LogP contribution < -0.4 is 10.1 Å². The lowest BCUT2D eigenvalue weighted by Crippen LogP contribution is -2.31. The fraction of sp³-hybridized carbons (Fsp3) is 0.571. The Morgan fingerprint density at radius 1 is 1.42 bits per heavy atom. The molecule has 106 valence electrons. The van der Waals surface area contributed by atoms with Crippen molar-refractivity contribution in [2.24, 2.45) is 0 Å². The molecule has 1 N–H and O–H groups in total. The number of hydrogen-bond donors (Lipinski definition) is 1. The highest BCUT2D eigenvalue weighted by atomic mass is 16.6. The van der Waals surface area contributed by atoms with Crippen molar-refractivity contribution in [2.75, 3.05) is 13.7 Å². The van der Waals surface area contributed by atoms with Gasteiger partial charge in [0.25, 0.3) is 5.69 Å². The van der Waals surface area contributed by atoms with Gasteiger partial charge in [0.2, 0.25) is 0 Å². The lowest BCUT2D eigenvalue weighted by molar-refractivity contribution is -0.385. The second kappa shape index (κ2) is 7.09. The number of methoxy groups -OCH3 is 1. The van der Waals surface area contributed by atoms with Crippen LogP contribution >= 0.6 is 0 Å². The zero-order chi connectivity index (χ0) is 14.4. The molecule has 0 amide bonds. The van der Waals surface area contributed by atoms with E-state index in [9.17, 15) is 10.1 Å². The molecular formula is C14H22N2O3. The SMILES string of the molecule is CCCNC(C)C(C)c1cc(OC)ccc1[N+](=O)[O-]. The summed E-state index contributed by atoms with van der Waals surface area (Å²) in [6.07, 6.45) is 1.04. The number of rotatable bonds is 7. The summed E-state index contributed by atoms with van der Waals surface area (Å²) in [5, 5.41) is 14.5. The summed E-state index contributed by atoms with van der Waals surface area (Å²) >= 11 is 0. The van der Waals surface area contributed by atoms with E-state index in [2.05, 4.69) is 12.2 Å². The van der Waals surface area contributed by atoms with Crippen LogP contribution in [0.3, 0.4) is 0 Å². The standard InChI is InChI=1S/C14H22N2O3/c1-5-8-15-11(3)10(2)13-9-12(19-4)6-7-14(13)16(17)18/h6-7,9-11,15H,5,8H2,1-4H3. The molecule has 1 aromatic rings. The Balaban J connectivity index is 3.04. The lowest BCUT2D eigenvalue weighted by atomic mass is 9.92. The summed E-state index contributed by atoms with van der Waals surface area (Å²) in [5.74, 6) is 0.692. The van der Waals surface area contributed by atoms with Crippen molar-refractivity contribution in [1.29, 1.82) is 0 Å². The van der Waals surface area contributed by atoms with Gasteiger partial charge in [0.1, 0.15) is 5.75 Å². The molecule has 0 heterocycles.